The number of methoxy groups -OCH3 is 1. The van der Waals surface area contributed by atoms with Crippen LogP contribution in [0.15, 0.2) is 23.7 Å². The Morgan fingerprint density at radius 3 is 2.88 bits per heavy atom. The summed E-state index contributed by atoms with van der Waals surface area (Å²) >= 11 is 1.66. The molecule has 0 bridgehead atoms. The Morgan fingerprint density at radius 1 is 1.44 bits per heavy atom. The molecule has 84 valence electrons. The maximum Gasteiger partial charge on any atom is 0.122 e. The summed E-state index contributed by atoms with van der Waals surface area (Å²) in [7, 11) is 1.68. The van der Waals surface area contributed by atoms with Gasteiger partial charge in [0.05, 0.1) is 18.3 Å². The van der Waals surface area contributed by atoms with Gasteiger partial charge in [-0.3, -0.25) is 0 Å². The van der Waals surface area contributed by atoms with Crippen LogP contribution < -0.4 is 10.5 Å². The van der Waals surface area contributed by atoms with Crippen molar-refractivity contribution in [3.05, 3.63) is 39.8 Å². The summed E-state index contributed by atoms with van der Waals surface area (Å²) in [4.78, 5) is 5.49. The van der Waals surface area contributed by atoms with Crippen LogP contribution >= 0.6 is 11.3 Å². The zero-order chi connectivity index (χ0) is 11.5. The van der Waals surface area contributed by atoms with Crippen LogP contribution in [0.1, 0.15) is 16.1 Å². The molecule has 16 heavy (non-hydrogen) atoms. The number of nitrogens with zero attached hydrogens (tertiary/aromatic N) is 1. The van der Waals surface area contributed by atoms with E-state index in [2.05, 4.69) is 4.98 Å². The zero-order valence-electron chi connectivity index (χ0n) is 9.36. The van der Waals surface area contributed by atoms with Crippen LogP contribution in [0.4, 0.5) is 5.69 Å². The lowest BCUT2D eigenvalue weighted by molar-refractivity contribution is 0.410. The number of nitrogens with two attached hydrogens (primary N) is 1. The number of hydrogen-bond acceptors (Lipinski definition) is 4. The molecule has 0 unspecified atom stereocenters. The van der Waals surface area contributed by atoms with Crippen molar-refractivity contribution >= 4 is 17.0 Å². The molecule has 0 saturated heterocycles. The fraction of sp³-hybridized carbons (Fsp3) is 0.250. The van der Waals surface area contributed by atoms with Crippen molar-refractivity contribution in [3.8, 4) is 5.75 Å². The summed E-state index contributed by atoms with van der Waals surface area (Å²) in [5, 5.41) is 0. The summed E-state index contributed by atoms with van der Waals surface area (Å²) in [5.41, 5.74) is 10.6. The molecule has 0 spiro atoms. The average Bonchev–Trinajstić information content (AvgIpc) is 2.65. The highest BCUT2D eigenvalue weighted by Gasteiger charge is 2.08. The number of hydrogen-bond donors (Lipinski definition) is 1. The third-order valence-corrected chi connectivity index (χ3v) is 3.44. The fourth-order valence-electron chi connectivity index (χ4n) is 1.61. The Kier molecular flexibility index (Phi) is 3.10. The van der Waals surface area contributed by atoms with Gasteiger partial charge in [0, 0.05) is 22.5 Å². The number of thiazole rings is 1. The van der Waals surface area contributed by atoms with Crippen molar-refractivity contribution in [2.45, 2.75) is 13.3 Å². The van der Waals surface area contributed by atoms with E-state index in [0.717, 1.165) is 29.1 Å². The van der Waals surface area contributed by atoms with Crippen molar-refractivity contribution < 1.29 is 4.74 Å². The number of nitrogen functional groups attached to an aromatic ring is 1. The second-order valence-corrected chi connectivity index (χ2v) is 4.55. The average molecular weight is 234 g/mol. The third-order valence-electron chi connectivity index (χ3n) is 2.50. The molecule has 2 N–H and O–H groups in total. The number of aromatic nitrogens is 1. The van der Waals surface area contributed by atoms with E-state index in [9.17, 15) is 0 Å². The van der Waals surface area contributed by atoms with Gasteiger partial charge in [-0.15, -0.1) is 11.3 Å². The van der Waals surface area contributed by atoms with Gasteiger partial charge >= 0.3 is 0 Å². The second-order valence-electron chi connectivity index (χ2n) is 3.61. The first-order valence-electron chi connectivity index (χ1n) is 5.02. The van der Waals surface area contributed by atoms with Gasteiger partial charge in [0.15, 0.2) is 0 Å². The second kappa shape index (κ2) is 4.53. The quantitative estimate of drug-likeness (QED) is 0.830. The molecule has 0 radical (unpaired) electrons. The molecule has 4 heteroatoms. The number of aryl methyl sites for hydroxylation is 1. The number of ether oxygens (including phenoxy) is 1. The van der Waals surface area contributed by atoms with Gasteiger partial charge in [0.2, 0.25) is 0 Å². The van der Waals surface area contributed by atoms with E-state index in [4.69, 9.17) is 10.5 Å². The van der Waals surface area contributed by atoms with E-state index in [1.807, 2.05) is 30.6 Å². The summed E-state index contributed by atoms with van der Waals surface area (Å²) in [6, 6.07) is 5.71. The standard InChI is InChI=1S/C12H14N2OS/c1-8-12(16-7-14-8)6-9-5-10(13)3-4-11(9)15-2/h3-5,7H,6,13H2,1-2H3. The summed E-state index contributed by atoms with van der Waals surface area (Å²) < 4.78 is 5.32. The predicted molar refractivity (Wildman–Crippen MR) is 67.1 cm³/mol. The van der Waals surface area contributed by atoms with E-state index in [-0.39, 0.29) is 0 Å². The molecule has 0 atom stereocenters. The highest BCUT2D eigenvalue weighted by atomic mass is 32.1. The lowest BCUT2D eigenvalue weighted by Gasteiger charge is -2.08. The van der Waals surface area contributed by atoms with Crippen LogP contribution in [0.5, 0.6) is 5.75 Å². The van der Waals surface area contributed by atoms with E-state index in [0.29, 0.717) is 0 Å². The Balaban J connectivity index is 2.33. The molecule has 0 saturated carbocycles. The Bertz CT molecular complexity index is 494. The number of rotatable bonds is 3. The zero-order valence-corrected chi connectivity index (χ0v) is 10.2. The maximum absolute atomic E-state index is 5.78. The van der Waals surface area contributed by atoms with Crippen molar-refractivity contribution in [1.29, 1.82) is 0 Å². The lowest BCUT2D eigenvalue weighted by Crippen LogP contribution is -1.96. The van der Waals surface area contributed by atoms with Crippen molar-refractivity contribution in [2.75, 3.05) is 12.8 Å². The molecule has 0 fully saturated rings. The van der Waals surface area contributed by atoms with Crippen molar-refractivity contribution in [1.82, 2.24) is 4.98 Å². The molecule has 0 aliphatic rings. The Labute approximate surface area is 98.9 Å². The Morgan fingerprint density at radius 2 is 2.25 bits per heavy atom. The van der Waals surface area contributed by atoms with Gasteiger partial charge in [-0.2, -0.15) is 0 Å². The van der Waals surface area contributed by atoms with E-state index < -0.39 is 0 Å². The molecule has 0 amide bonds. The van der Waals surface area contributed by atoms with Crippen LogP contribution in [0.25, 0.3) is 0 Å². The predicted octanol–water partition coefficient (Wildman–Crippen LogP) is 2.63. The van der Waals surface area contributed by atoms with Gasteiger partial charge in [0.1, 0.15) is 5.75 Å². The minimum Gasteiger partial charge on any atom is -0.496 e. The van der Waals surface area contributed by atoms with Crippen molar-refractivity contribution in [2.24, 2.45) is 0 Å². The van der Waals surface area contributed by atoms with Gasteiger partial charge in [-0.05, 0) is 25.1 Å². The molecule has 1 heterocycles. The minimum atomic E-state index is 0.762. The first-order valence-corrected chi connectivity index (χ1v) is 5.90. The smallest absolute Gasteiger partial charge is 0.122 e. The topological polar surface area (TPSA) is 48.1 Å². The molecule has 1 aromatic heterocycles. The SMILES string of the molecule is COc1ccc(N)cc1Cc1scnc1C. The monoisotopic (exact) mass is 234 g/mol. The van der Waals surface area contributed by atoms with Gasteiger partial charge in [-0.1, -0.05) is 0 Å². The number of anilines is 1. The maximum atomic E-state index is 5.78. The van der Waals surface area contributed by atoms with Crippen LogP contribution in [-0.2, 0) is 6.42 Å². The summed E-state index contributed by atoms with van der Waals surface area (Å²) in [6.07, 6.45) is 0.824. The van der Waals surface area contributed by atoms with Crippen LogP contribution in [0.3, 0.4) is 0 Å². The van der Waals surface area contributed by atoms with E-state index >= 15 is 0 Å². The van der Waals surface area contributed by atoms with Crippen LogP contribution in [0, 0.1) is 6.92 Å². The van der Waals surface area contributed by atoms with Crippen molar-refractivity contribution in [3.63, 3.8) is 0 Å². The van der Waals surface area contributed by atoms with Crippen LogP contribution in [-0.4, -0.2) is 12.1 Å². The Hall–Kier alpha value is -1.55. The molecule has 2 rings (SSSR count). The normalized spacial score (nSPS) is 10.4. The molecule has 0 aliphatic heterocycles. The fourth-order valence-corrected chi connectivity index (χ4v) is 2.41. The van der Waals surface area contributed by atoms with Crippen LogP contribution in [0.2, 0.25) is 0 Å². The highest BCUT2D eigenvalue weighted by molar-refractivity contribution is 7.09. The molecule has 3 nitrogen and oxygen atoms in total. The molecular weight excluding hydrogens is 220 g/mol. The van der Waals surface area contributed by atoms with Gasteiger partial charge < -0.3 is 10.5 Å². The van der Waals surface area contributed by atoms with Gasteiger partial charge in [-0.25, -0.2) is 4.98 Å². The van der Waals surface area contributed by atoms with Gasteiger partial charge in [0.25, 0.3) is 0 Å². The molecule has 1 aromatic carbocycles. The molecule has 2 aromatic rings. The first kappa shape index (κ1) is 11.0. The highest BCUT2D eigenvalue weighted by Crippen LogP contribution is 2.26. The summed E-state index contributed by atoms with van der Waals surface area (Å²) in [5.74, 6) is 0.877. The summed E-state index contributed by atoms with van der Waals surface area (Å²) in [6.45, 7) is 2.02. The number of benzene rings is 1. The minimum absolute atomic E-state index is 0.762. The molecule has 0 aliphatic carbocycles. The van der Waals surface area contributed by atoms with E-state index in [1.165, 1.54) is 4.88 Å². The third kappa shape index (κ3) is 2.17. The largest absolute Gasteiger partial charge is 0.496 e. The van der Waals surface area contributed by atoms with E-state index in [1.54, 1.807) is 18.4 Å². The molecular formula is C12H14N2OS. The first-order chi connectivity index (χ1) is 7.70. The lowest BCUT2D eigenvalue weighted by atomic mass is 10.1.